The summed E-state index contributed by atoms with van der Waals surface area (Å²) in [7, 11) is 0. The molecule has 1 aromatic heterocycles. The van der Waals surface area contributed by atoms with Crippen molar-refractivity contribution in [2.45, 2.75) is 27.3 Å². The average Bonchev–Trinajstić information content (AvgIpc) is 3.40. The minimum absolute atomic E-state index is 0.0534. The van der Waals surface area contributed by atoms with E-state index in [1.165, 1.54) is 22.3 Å². The first kappa shape index (κ1) is 22.2. The zero-order valence-electron chi connectivity index (χ0n) is 19.3. The molecule has 0 bridgehead atoms. The van der Waals surface area contributed by atoms with Crippen LogP contribution >= 0.6 is 11.8 Å². The Hall–Kier alpha value is -3.65. The molecule has 3 aromatic rings. The minimum atomic E-state index is -0.413. The summed E-state index contributed by atoms with van der Waals surface area (Å²) in [6, 6.07) is 16.0. The lowest BCUT2D eigenvalue weighted by Crippen LogP contribution is -2.35. The lowest BCUT2D eigenvalue weighted by molar-refractivity contribution is -0.114. The van der Waals surface area contributed by atoms with Gasteiger partial charge in [0.1, 0.15) is 17.4 Å². The summed E-state index contributed by atoms with van der Waals surface area (Å²) in [5.41, 5.74) is 3.33. The van der Waals surface area contributed by atoms with Crippen LogP contribution in [0, 0.1) is 18.3 Å². The number of ether oxygens (including phenoxy) is 1. The second-order valence-corrected chi connectivity index (χ2v) is 9.56. The number of amidine groups is 2. The Morgan fingerprint density at radius 3 is 2.68 bits per heavy atom. The van der Waals surface area contributed by atoms with Crippen LogP contribution in [0.3, 0.4) is 0 Å². The average molecular weight is 472 g/mol. The molecule has 0 aliphatic carbocycles. The second-order valence-electron chi connectivity index (χ2n) is 8.57. The molecule has 2 aliphatic heterocycles. The Morgan fingerprint density at radius 1 is 1.15 bits per heavy atom. The van der Waals surface area contributed by atoms with Gasteiger partial charge >= 0.3 is 0 Å². The number of para-hydroxylation sites is 1. The van der Waals surface area contributed by atoms with Gasteiger partial charge in [0.25, 0.3) is 5.91 Å². The molecule has 7 nitrogen and oxygen atoms in total. The molecule has 3 heterocycles. The maximum absolute atomic E-state index is 12.8. The van der Waals surface area contributed by atoms with Gasteiger partial charge in [-0.2, -0.15) is 15.1 Å². The van der Waals surface area contributed by atoms with Crippen molar-refractivity contribution in [1.29, 1.82) is 5.41 Å². The first-order chi connectivity index (χ1) is 16.4. The van der Waals surface area contributed by atoms with Gasteiger partial charge in [0.15, 0.2) is 5.84 Å². The Morgan fingerprint density at radius 2 is 1.91 bits per heavy atom. The summed E-state index contributed by atoms with van der Waals surface area (Å²) in [4.78, 5) is 17.0. The third-order valence-corrected chi connectivity index (χ3v) is 6.91. The number of hydrazone groups is 1. The number of amides is 1. The molecule has 2 aliphatic rings. The Bertz CT molecular complexity index is 1380. The molecule has 0 spiro atoms. The largest absolute Gasteiger partial charge is 0.492 e. The molecule has 1 N–H and O–H groups in total. The molecule has 0 saturated heterocycles. The minimum Gasteiger partial charge on any atom is -0.492 e. The predicted molar refractivity (Wildman–Crippen MR) is 138 cm³/mol. The molecule has 1 amide bonds. The highest BCUT2D eigenvalue weighted by molar-refractivity contribution is 8.27. The van der Waals surface area contributed by atoms with Gasteiger partial charge in [-0.3, -0.25) is 10.2 Å². The van der Waals surface area contributed by atoms with E-state index in [1.54, 1.807) is 6.08 Å². The van der Waals surface area contributed by atoms with Gasteiger partial charge in [-0.15, -0.1) is 0 Å². The number of nitrogens with zero attached hydrogens (tertiary/aromatic N) is 4. The van der Waals surface area contributed by atoms with Crippen LogP contribution in [0.15, 0.2) is 70.4 Å². The van der Waals surface area contributed by atoms with Gasteiger partial charge in [-0.25, -0.2) is 0 Å². The van der Waals surface area contributed by atoms with Crippen LogP contribution in [0.5, 0.6) is 5.75 Å². The van der Waals surface area contributed by atoms with Crippen LogP contribution < -0.4 is 4.74 Å². The Balaban J connectivity index is 1.42. The summed E-state index contributed by atoms with van der Waals surface area (Å²) in [5.74, 6) is 0.680. The number of thioether (sulfide) groups is 1. The van der Waals surface area contributed by atoms with Gasteiger partial charge in [-0.05, 0) is 43.0 Å². The molecule has 0 fully saturated rings. The number of fused-ring (bicyclic) bond motifs is 2. The molecule has 0 unspecified atom stereocenters. The topological polar surface area (TPSA) is 83.0 Å². The summed E-state index contributed by atoms with van der Waals surface area (Å²) in [6.45, 7) is 7.27. The first-order valence-corrected chi connectivity index (χ1v) is 12.0. The quantitative estimate of drug-likeness (QED) is 0.494. The Labute approximate surface area is 202 Å². The van der Waals surface area contributed by atoms with E-state index in [2.05, 4.69) is 14.7 Å². The fourth-order valence-electron chi connectivity index (χ4n) is 3.87. The maximum atomic E-state index is 12.8. The number of hydrogen-bond acceptors (Lipinski definition) is 5. The highest BCUT2D eigenvalue weighted by Gasteiger charge is 2.36. The number of aromatic nitrogens is 1. The molecule has 5 rings (SSSR count). The SMILES string of the molecule is Cc1ccc(OCCn2cc(/C=C3\C(=N)N4N=C(C(C)C)SC4=NC3=O)c3ccccc32)cc1. The highest BCUT2D eigenvalue weighted by atomic mass is 32.2. The number of nitrogens with one attached hydrogen (secondary N) is 1. The zero-order valence-corrected chi connectivity index (χ0v) is 20.1. The van der Waals surface area contributed by atoms with Crippen molar-refractivity contribution in [2.75, 3.05) is 6.61 Å². The van der Waals surface area contributed by atoms with Crippen molar-refractivity contribution in [3.05, 3.63) is 71.4 Å². The molecule has 34 heavy (non-hydrogen) atoms. The van der Waals surface area contributed by atoms with E-state index in [0.29, 0.717) is 18.3 Å². The van der Waals surface area contributed by atoms with Gasteiger partial charge < -0.3 is 9.30 Å². The monoisotopic (exact) mass is 471 g/mol. The van der Waals surface area contributed by atoms with Gasteiger partial charge in [0, 0.05) is 28.6 Å². The third-order valence-electron chi connectivity index (χ3n) is 5.71. The van der Waals surface area contributed by atoms with Crippen LogP contribution in [0.1, 0.15) is 25.0 Å². The van der Waals surface area contributed by atoms with Crippen LogP contribution in [-0.4, -0.2) is 38.1 Å². The number of aliphatic imine (C=N–C) groups is 1. The molecule has 0 saturated carbocycles. The lowest BCUT2D eigenvalue weighted by atomic mass is 10.1. The standard InChI is InChI=1S/C26H25N5O2S/c1-16(2)25-29-31-23(27)21(24(32)28-26(31)34-25)14-18-15-30(22-7-5-4-6-20(18)22)12-13-33-19-10-8-17(3)9-11-19/h4-11,14-16,27H,12-13H2,1-3H3/b21-14+,27-23?. The van der Waals surface area contributed by atoms with E-state index in [1.807, 2.05) is 75.5 Å². The molecular formula is C26H25N5O2S. The molecule has 8 heteroatoms. The summed E-state index contributed by atoms with van der Waals surface area (Å²) in [6.07, 6.45) is 3.75. The van der Waals surface area contributed by atoms with Crippen molar-refractivity contribution < 1.29 is 9.53 Å². The number of carbonyl (C=O) groups excluding carboxylic acids is 1. The Kier molecular flexibility index (Phi) is 5.83. The van der Waals surface area contributed by atoms with E-state index in [-0.39, 0.29) is 17.3 Å². The molecule has 0 atom stereocenters. The maximum Gasteiger partial charge on any atom is 0.283 e. The lowest BCUT2D eigenvalue weighted by Gasteiger charge is -2.20. The molecule has 172 valence electrons. The van der Waals surface area contributed by atoms with Crippen LogP contribution in [0.2, 0.25) is 0 Å². The van der Waals surface area contributed by atoms with E-state index < -0.39 is 5.91 Å². The van der Waals surface area contributed by atoms with Gasteiger partial charge in [0.2, 0.25) is 5.17 Å². The number of rotatable bonds is 6. The number of carbonyl (C=O) groups is 1. The van der Waals surface area contributed by atoms with E-state index >= 15 is 0 Å². The second kappa shape index (κ2) is 8.95. The number of hydrogen-bond donors (Lipinski definition) is 1. The normalized spacial score (nSPS) is 16.9. The fraction of sp³-hybridized carbons (Fsp3) is 0.231. The van der Waals surface area contributed by atoms with Crippen LogP contribution in [0.25, 0.3) is 17.0 Å². The summed E-state index contributed by atoms with van der Waals surface area (Å²) >= 11 is 1.35. The first-order valence-electron chi connectivity index (χ1n) is 11.2. The predicted octanol–water partition coefficient (Wildman–Crippen LogP) is 5.30. The molecular weight excluding hydrogens is 446 g/mol. The van der Waals surface area contributed by atoms with E-state index in [4.69, 9.17) is 10.1 Å². The van der Waals surface area contributed by atoms with Crippen molar-refractivity contribution in [3.63, 3.8) is 0 Å². The molecule has 0 radical (unpaired) electrons. The smallest absolute Gasteiger partial charge is 0.283 e. The van der Waals surface area contributed by atoms with Crippen LogP contribution in [0.4, 0.5) is 0 Å². The molecule has 2 aromatic carbocycles. The number of aryl methyl sites for hydroxylation is 1. The summed E-state index contributed by atoms with van der Waals surface area (Å²) in [5, 5.41) is 16.9. The number of benzene rings is 2. The van der Waals surface area contributed by atoms with Gasteiger partial charge in [0.05, 0.1) is 12.1 Å². The highest BCUT2D eigenvalue weighted by Crippen LogP contribution is 2.32. The summed E-state index contributed by atoms with van der Waals surface area (Å²) < 4.78 is 8.03. The van der Waals surface area contributed by atoms with E-state index in [0.717, 1.165) is 27.3 Å². The van der Waals surface area contributed by atoms with Crippen molar-refractivity contribution in [3.8, 4) is 5.75 Å². The van der Waals surface area contributed by atoms with Gasteiger partial charge in [-0.1, -0.05) is 49.7 Å². The van der Waals surface area contributed by atoms with Crippen molar-refractivity contribution in [2.24, 2.45) is 16.0 Å². The third kappa shape index (κ3) is 4.17. The van der Waals surface area contributed by atoms with Crippen LogP contribution in [-0.2, 0) is 11.3 Å². The fourth-order valence-corrected chi connectivity index (χ4v) is 4.76. The van der Waals surface area contributed by atoms with Crippen molar-refractivity contribution >= 4 is 50.7 Å². The van der Waals surface area contributed by atoms with Crippen molar-refractivity contribution in [1.82, 2.24) is 9.58 Å². The zero-order chi connectivity index (χ0) is 23.8. The van der Waals surface area contributed by atoms with E-state index in [9.17, 15) is 4.79 Å².